The lowest BCUT2D eigenvalue weighted by Crippen LogP contribution is -2.36. The third kappa shape index (κ3) is 3.85. The van der Waals surface area contributed by atoms with Crippen molar-refractivity contribution in [2.45, 2.75) is 44.6 Å². The Labute approximate surface area is 149 Å². The zero-order valence-corrected chi connectivity index (χ0v) is 15.6. The predicted molar refractivity (Wildman–Crippen MR) is 98.3 cm³/mol. The van der Waals surface area contributed by atoms with Crippen molar-refractivity contribution < 1.29 is 8.42 Å². The van der Waals surface area contributed by atoms with Crippen molar-refractivity contribution >= 4 is 10.0 Å². The van der Waals surface area contributed by atoms with Crippen LogP contribution in [0.3, 0.4) is 0 Å². The molecule has 5 nitrogen and oxygen atoms in total. The first kappa shape index (κ1) is 17.9. The first-order valence-electron chi connectivity index (χ1n) is 8.65. The van der Waals surface area contributed by atoms with E-state index in [2.05, 4.69) is 0 Å². The van der Waals surface area contributed by atoms with E-state index in [0.717, 1.165) is 36.0 Å². The smallest absolute Gasteiger partial charge is 0.250 e. The highest BCUT2D eigenvalue weighted by atomic mass is 32.2. The number of rotatable bonds is 4. The molecule has 25 heavy (non-hydrogen) atoms. The summed E-state index contributed by atoms with van der Waals surface area (Å²) in [6.07, 6.45) is 4.33. The van der Waals surface area contributed by atoms with Crippen molar-refractivity contribution in [1.82, 2.24) is 8.87 Å². The van der Waals surface area contributed by atoms with E-state index in [1.165, 1.54) is 27.2 Å². The molecule has 1 aliphatic rings. The fourth-order valence-electron chi connectivity index (χ4n) is 3.19. The maximum atomic E-state index is 12.8. The highest BCUT2D eigenvalue weighted by Gasteiger charge is 2.26. The maximum Gasteiger partial charge on any atom is 0.250 e. The van der Waals surface area contributed by atoms with Gasteiger partial charge in [0, 0.05) is 25.4 Å². The highest BCUT2D eigenvalue weighted by molar-refractivity contribution is 7.89. The molecule has 0 N–H and O–H groups in total. The highest BCUT2D eigenvalue weighted by Crippen LogP contribution is 2.20. The van der Waals surface area contributed by atoms with Crippen LogP contribution >= 0.6 is 0 Å². The first-order chi connectivity index (χ1) is 11.9. The van der Waals surface area contributed by atoms with E-state index in [1.807, 2.05) is 32.0 Å². The third-order valence-corrected chi connectivity index (χ3v) is 6.64. The molecular weight excluding hydrogens is 336 g/mol. The summed E-state index contributed by atoms with van der Waals surface area (Å²) in [5.41, 5.74) is 3.03. The van der Waals surface area contributed by atoms with Crippen LogP contribution in [0.4, 0.5) is 0 Å². The molecule has 0 radical (unpaired) electrons. The minimum atomic E-state index is -3.54. The number of benzene rings is 1. The van der Waals surface area contributed by atoms with Crippen LogP contribution in [-0.2, 0) is 16.6 Å². The van der Waals surface area contributed by atoms with Crippen molar-refractivity contribution in [2.75, 3.05) is 13.1 Å². The van der Waals surface area contributed by atoms with Gasteiger partial charge < -0.3 is 4.57 Å². The van der Waals surface area contributed by atoms with Crippen LogP contribution in [-0.4, -0.2) is 30.4 Å². The SMILES string of the molecule is Cc1ccc(C)c(Cn2cc(S(=O)(=O)N3CCCCC3)ccc2=O)c1. The first-order valence-corrected chi connectivity index (χ1v) is 10.1. The van der Waals surface area contributed by atoms with Gasteiger partial charge in [-0.15, -0.1) is 0 Å². The number of sulfonamides is 1. The van der Waals surface area contributed by atoms with Gasteiger partial charge in [-0.1, -0.05) is 30.2 Å². The van der Waals surface area contributed by atoms with Crippen LogP contribution in [0.25, 0.3) is 0 Å². The van der Waals surface area contributed by atoms with E-state index in [4.69, 9.17) is 0 Å². The molecule has 3 rings (SSSR count). The second-order valence-corrected chi connectivity index (χ2v) is 8.66. The summed E-state index contributed by atoms with van der Waals surface area (Å²) in [5, 5.41) is 0. The monoisotopic (exact) mass is 360 g/mol. The topological polar surface area (TPSA) is 59.4 Å². The molecule has 0 amide bonds. The number of aryl methyl sites for hydroxylation is 2. The Bertz CT molecular complexity index is 926. The normalized spacial score (nSPS) is 16.1. The average molecular weight is 360 g/mol. The molecule has 0 aliphatic carbocycles. The van der Waals surface area contributed by atoms with Crippen molar-refractivity contribution in [3.05, 3.63) is 63.6 Å². The Balaban J connectivity index is 1.95. The van der Waals surface area contributed by atoms with Crippen molar-refractivity contribution in [1.29, 1.82) is 0 Å². The van der Waals surface area contributed by atoms with E-state index in [-0.39, 0.29) is 10.5 Å². The summed E-state index contributed by atoms with van der Waals surface area (Å²) >= 11 is 0. The second-order valence-electron chi connectivity index (χ2n) is 6.73. The van der Waals surface area contributed by atoms with E-state index in [0.29, 0.717) is 19.6 Å². The molecule has 1 aromatic carbocycles. The molecule has 0 atom stereocenters. The lowest BCUT2D eigenvalue weighted by Gasteiger charge is -2.26. The van der Waals surface area contributed by atoms with E-state index < -0.39 is 10.0 Å². The van der Waals surface area contributed by atoms with E-state index in [9.17, 15) is 13.2 Å². The Hall–Kier alpha value is -1.92. The Morgan fingerprint density at radius 3 is 2.44 bits per heavy atom. The number of hydrogen-bond acceptors (Lipinski definition) is 3. The summed E-state index contributed by atoms with van der Waals surface area (Å²) in [6, 6.07) is 8.85. The lowest BCUT2D eigenvalue weighted by molar-refractivity contribution is 0.346. The number of aromatic nitrogens is 1. The number of pyridine rings is 1. The molecule has 6 heteroatoms. The molecule has 134 valence electrons. The molecule has 0 bridgehead atoms. The summed E-state index contributed by atoms with van der Waals surface area (Å²) in [4.78, 5) is 12.4. The number of piperidine rings is 1. The standard InChI is InChI=1S/C19H24N2O3S/c1-15-6-7-16(2)17(12-15)13-20-14-18(8-9-19(20)22)25(23,24)21-10-4-3-5-11-21/h6-9,12,14H,3-5,10-11,13H2,1-2H3. The predicted octanol–water partition coefficient (Wildman–Crippen LogP) is 2.69. The van der Waals surface area contributed by atoms with Gasteiger partial charge in [-0.25, -0.2) is 8.42 Å². The zero-order chi connectivity index (χ0) is 18.0. The fourth-order valence-corrected chi connectivity index (χ4v) is 4.73. The van der Waals surface area contributed by atoms with Crippen LogP contribution < -0.4 is 5.56 Å². The fraction of sp³-hybridized carbons (Fsp3) is 0.421. The van der Waals surface area contributed by atoms with Gasteiger partial charge in [0.2, 0.25) is 10.0 Å². The minimum absolute atomic E-state index is 0.194. The molecule has 0 spiro atoms. The van der Waals surface area contributed by atoms with Gasteiger partial charge in [-0.2, -0.15) is 4.31 Å². The Kier molecular flexibility index (Phi) is 5.11. The van der Waals surface area contributed by atoms with Gasteiger partial charge in [-0.3, -0.25) is 4.79 Å². The van der Waals surface area contributed by atoms with Crippen molar-refractivity contribution in [3.63, 3.8) is 0 Å². The minimum Gasteiger partial charge on any atom is -0.310 e. The Morgan fingerprint density at radius 2 is 1.72 bits per heavy atom. The summed E-state index contributed by atoms with van der Waals surface area (Å²) in [6.45, 7) is 5.48. The third-order valence-electron chi connectivity index (χ3n) is 4.75. The molecule has 1 aliphatic heterocycles. The maximum absolute atomic E-state index is 12.8. The van der Waals surface area contributed by atoms with Gasteiger partial charge in [-0.05, 0) is 43.9 Å². The quantitative estimate of drug-likeness (QED) is 0.842. The zero-order valence-electron chi connectivity index (χ0n) is 14.7. The van der Waals surface area contributed by atoms with Crippen molar-refractivity contribution in [2.24, 2.45) is 0 Å². The van der Waals surface area contributed by atoms with E-state index in [1.54, 1.807) is 0 Å². The van der Waals surface area contributed by atoms with Crippen LogP contribution in [0, 0.1) is 13.8 Å². The molecule has 1 aromatic heterocycles. The lowest BCUT2D eigenvalue weighted by atomic mass is 10.1. The molecule has 2 aromatic rings. The van der Waals surface area contributed by atoms with Crippen LogP contribution in [0.1, 0.15) is 36.0 Å². The van der Waals surface area contributed by atoms with Gasteiger partial charge in [0.05, 0.1) is 11.4 Å². The van der Waals surface area contributed by atoms with Crippen molar-refractivity contribution in [3.8, 4) is 0 Å². The van der Waals surface area contributed by atoms with Gasteiger partial charge in [0.1, 0.15) is 0 Å². The molecule has 1 fully saturated rings. The van der Waals surface area contributed by atoms with Crippen LogP contribution in [0.2, 0.25) is 0 Å². The van der Waals surface area contributed by atoms with Crippen LogP contribution in [0.15, 0.2) is 46.2 Å². The Morgan fingerprint density at radius 1 is 1.00 bits per heavy atom. The average Bonchev–Trinajstić information content (AvgIpc) is 2.60. The van der Waals surface area contributed by atoms with Crippen LogP contribution in [0.5, 0.6) is 0 Å². The largest absolute Gasteiger partial charge is 0.310 e. The summed E-state index contributed by atoms with van der Waals surface area (Å²) < 4.78 is 28.7. The van der Waals surface area contributed by atoms with Gasteiger partial charge in [0.25, 0.3) is 5.56 Å². The van der Waals surface area contributed by atoms with Gasteiger partial charge in [0.15, 0.2) is 0 Å². The summed E-state index contributed by atoms with van der Waals surface area (Å²) in [7, 11) is -3.54. The molecular formula is C19H24N2O3S. The molecule has 0 unspecified atom stereocenters. The molecule has 2 heterocycles. The molecule has 0 saturated carbocycles. The summed E-state index contributed by atoms with van der Waals surface area (Å²) in [5.74, 6) is 0. The van der Waals surface area contributed by atoms with Gasteiger partial charge >= 0.3 is 0 Å². The number of hydrogen-bond donors (Lipinski definition) is 0. The second kappa shape index (κ2) is 7.14. The van der Waals surface area contributed by atoms with E-state index >= 15 is 0 Å². The number of nitrogens with zero attached hydrogens (tertiary/aromatic N) is 2. The molecule has 1 saturated heterocycles.